The first kappa shape index (κ1) is 20.0. The second-order valence-electron chi connectivity index (χ2n) is 7.77. The van der Waals surface area contributed by atoms with Gasteiger partial charge in [0.25, 0.3) is 0 Å². The summed E-state index contributed by atoms with van der Waals surface area (Å²) in [6.07, 6.45) is 4.78. The Morgan fingerprint density at radius 3 is 2.50 bits per heavy atom. The Morgan fingerprint density at radius 2 is 1.96 bits per heavy atom. The van der Waals surface area contributed by atoms with Crippen LogP contribution in [0, 0.1) is 0 Å². The minimum absolute atomic E-state index is 0.0377. The Bertz CT molecular complexity index is 714. The monoisotopic (exact) mass is 354 g/mol. The van der Waals surface area contributed by atoms with Crippen LogP contribution in [0.5, 0.6) is 0 Å². The van der Waals surface area contributed by atoms with Crippen molar-refractivity contribution in [3.05, 3.63) is 53.6 Å². The maximum Gasteiger partial charge on any atom is 0.249 e. The lowest BCUT2D eigenvalue weighted by molar-refractivity contribution is -0.134. The number of imide groups is 1. The minimum Gasteiger partial charge on any atom is -0.373 e. The fraction of sp³-hybridized carbons (Fsp3) is 0.455. The highest BCUT2D eigenvalue weighted by Crippen LogP contribution is 2.30. The quantitative estimate of drug-likeness (QED) is 0.573. The molecule has 2 amide bonds. The molecular weight excluding hydrogens is 324 g/mol. The van der Waals surface area contributed by atoms with Crippen molar-refractivity contribution in [1.29, 1.82) is 0 Å². The second-order valence-corrected chi connectivity index (χ2v) is 7.77. The van der Waals surface area contributed by atoms with Crippen LogP contribution in [-0.2, 0) is 15.0 Å². The molecule has 26 heavy (non-hydrogen) atoms. The summed E-state index contributed by atoms with van der Waals surface area (Å²) in [7, 11) is 0. The first-order valence-corrected chi connectivity index (χ1v) is 9.28. The van der Waals surface area contributed by atoms with Gasteiger partial charge in [0.05, 0.1) is 0 Å². The maximum atomic E-state index is 12.0. The molecule has 0 saturated carbocycles. The zero-order valence-electron chi connectivity index (χ0n) is 16.3. The van der Waals surface area contributed by atoms with Gasteiger partial charge in [0.2, 0.25) is 11.8 Å². The summed E-state index contributed by atoms with van der Waals surface area (Å²) >= 11 is 0. The van der Waals surface area contributed by atoms with Crippen LogP contribution in [0.3, 0.4) is 0 Å². The van der Waals surface area contributed by atoms with Crippen LogP contribution in [0.4, 0.5) is 0 Å². The fourth-order valence-electron chi connectivity index (χ4n) is 3.44. The van der Waals surface area contributed by atoms with Crippen molar-refractivity contribution in [3.63, 3.8) is 0 Å². The lowest BCUT2D eigenvalue weighted by Gasteiger charge is -2.27. The summed E-state index contributed by atoms with van der Waals surface area (Å²) in [5.41, 5.74) is 4.46. The zero-order chi connectivity index (χ0) is 19.3. The number of rotatable bonds is 7. The third kappa shape index (κ3) is 5.07. The van der Waals surface area contributed by atoms with Gasteiger partial charge in [-0.05, 0) is 42.7 Å². The summed E-state index contributed by atoms with van der Waals surface area (Å²) in [6, 6.07) is 8.11. The Labute approximate surface area is 156 Å². The van der Waals surface area contributed by atoms with E-state index in [2.05, 4.69) is 75.2 Å². The molecule has 0 spiro atoms. The lowest BCUT2D eigenvalue weighted by Crippen LogP contribution is -2.50. The number of allylic oxidation sites excluding steroid dienone is 2. The number of hydrogen-bond donors (Lipinski definition) is 2. The van der Waals surface area contributed by atoms with Gasteiger partial charge in [-0.1, -0.05) is 56.7 Å². The van der Waals surface area contributed by atoms with E-state index < -0.39 is 0 Å². The van der Waals surface area contributed by atoms with Crippen LogP contribution in [0.15, 0.2) is 42.5 Å². The van der Waals surface area contributed by atoms with Gasteiger partial charge in [-0.2, -0.15) is 0 Å². The van der Waals surface area contributed by atoms with Gasteiger partial charge < -0.3 is 5.32 Å². The summed E-state index contributed by atoms with van der Waals surface area (Å²) in [5, 5.41) is 5.72. The van der Waals surface area contributed by atoms with E-state index in [-0.39, 0.29) is 23.3 Å². The zero-order valence-corrected chi connectivity index (χ0v) is 16.3. The van der Waals surface area contributed by atoms with Crippen molar-refractivity contribution < 1.29 is 9.59 Å². The van der Waals surface area contributed by atoms with Crippen LogP contribution in [0.1, 0.15) is 64.5 Å². The summed E-state index contributed by atoms with van der Waals surface area (Å²) in [5.74, 6) is -0.444. The fourth-order valence-corrected chi connectivity index (χ4v) is 3.44. The molecule has 0 radical (unpaired) electrons. The summed E-state index contributed by atoms with van der Waals surface area (Å²) in [6.45, 7) is 12.6. The average Bonchev–Trinajstić information content (AvgIpc) is 2.55. The van der Waals surface area contributed by atoms with Gasteiger partial charge in [-0.3, -0.25) is 14.9 Å². The van der Waals surface area contributed by atoms with E-state index in [9.17, 15) is 9.59 Å². The van der Waals surface area contributed by atoms with Crippen LogP contribution >= 0.6 is 0 Å². The molecule has 1 fully saturated rings. The molecule has 1 unspecified atom stereocenters. The molecule has 1 aromatic carbocycles. The number of nitrogens with one attached hydrogen (secondary N) is 2. The molecule has 140 valence electrons. The normalized spacial score (nSPS) is 18.5. The molecule has 4 heteroatoms. The molecule has 2 N–H and O–H groups in total. The smallest absolute Gasteiger partial charge is 0.249 e. The van der Waals surface area contributed by atoms with E-state index >= 15 is 0 Å². The standard InChI is InChI=1S/C22H30N2O2/c1-6-7-18(23-19-12-13-20(25)24-21(19)26)16-8-10-17(11-9-16)22(4,5)14-15(2)3/h7-11,19,23H,2,6,12-14H2,1,3-5H3,(H,24,25,26)/b18-7-. The molecule has 1 aromatic rings. The third-order valence-corrected chi connectivity index (χ3v) is 4.70. The topological polar surface area (TPSA) is 58.2 Å². The van der Waals surface area contributed by atoms with Gasteiger partial charge in [-0.15, -0.1) is 6.58 Å². The highest BCUT2D eigenvalue weighted by atomic mass is 16.2. The van der Waals surface area contributed by atoms with E-state index in [1.807, 2.05) is 0 Å². The van der Waals surface area contributed by atoms with Crippen molar-refractivity contribution in [3.8, 4) is 0 Å². The molecule has 0 aliphatic carbocycles. The molecular formula is C22H30N2O2. The SMILES string of the molecule is C=C(C)CC(C)(C)c1ccc(/C(=C/CC)NC2CCC(=O)NC2=O)cc1. The van der Waals surface area contributed by atoms with Crippen LogP contribution in [0.2, 0.25) is 0 Å². The molecule has 1 aliphatic heterocycles. The lowest BCUT2D eigenvalue weighted by atomic mass is 9.79. The number of amides is 2. The van der Waals surface area contributed by atoms with Gasteiger partial charge in [0.15, 0.2) is 0 Å². The van der Waals surface area contributed by atoms with Crippen LogP contribution in [-0.4, -0.2) is 17.9 Å². The van der Waals surface area contributed by atoms with E-state index in [0.29, 0.717) is 12.8 Å². The van der Waals surface area contributed by atoms with E-state index in [4.69, 9.17) is 0 Å². The molecule has 0 bridgehead atoms. The predicted octanol–water partition coefficient (Wildman–Crippen LogP) is 4.08. The highest BCUT2D eigenvalue weighted by molar-refractivity contribution is 6.00. The van der Waals surface area contributed by atoms with Crippen LogP contribution in [0.25, 0.3) is 5.70 Å². The Balaban J connectivity index is 2.18. The largest absolute Gasteiger partial charge is 0.373 e. The number of carbonyl (C=O) groups excluding carboxylic acids is 2. The van der Waals surface area contributed by atoms with Crippen molar-refractivity contribution in [2.24, 2.45) is 0 Å². The first-order valence-electron chi connectivity index (χ1n) is 9.28. The Kier molecular flexibility index (Phi) is 6.41. The van der Waals surface area contributed by atoms with E-state index in [0.717, 1.165) is 24.1 Å². The second kappa shape index (κ2) is 8.35. The Morgan fingerprint density at radius 1 is 1.31 bits per heavy atom. The molecule has 2 rings (SSSR count). The average molecular weight is 354 g/mol. The van der Waals surface area contributed by atoms with Crippen molar-refractivity contribution in [1.82, 2.24) is 10.6 Å². The number of benzene rings is 1. The number of carbonyl (C=O) groups is 2. The van der Waals surface area contributed by atoms with Crippen molar-refractivity contribution >= 4 is 17.5 Å². The van der Waals surface area contributed by atoms with Gasteiger partial charge in [0.1, 0.15) is 6.04 Å². The highest BCUT2D eigenvalue weighted by Gasteiger charge is 2.27. The molecule has 1 atom stereocenters. The Hall–Kier alpha value is -2.36. The van der Waals surface area contributed by atoms with E-state index in [1.165, 1.54) is 11.1 Å². The predicted molar refractivity (Wildman–Crippen MR) is 106 cm³/mol. The number of piperidine rings is 1. The minimum atomic E-state index is -0.370. The molecule has 0 aromatic heterocycles. The number of hydrogen-bond acceptors (Lipinski definition) is 3. The van der Waals surface area contributed by atoms with Crippen molar-refractivity contribution in [2.75, 3.05) is 0 Å². The first-order chi connectivity index (χ1) is 12.2. The van der Waals surface area contributed by atoms with Crippen LogP contribution < -0.4 is 10.6 Å². The summed E-state index contributed by atoms with van der Waals surface area (Å²) < 4.78 is 0. The summed E-state index contributed by atoms with van der Waals surface area (Å²) in [4.78, 5) is 23.4. The molecule has 1 aliphatic rings. The van der Waals surface area contributed by atoms with Gasteiger partial charge >= 0.3 is 0 Å². The van der Waals surface area contributed by atoms with Gasteiger partial charge in [0, 0.05) is 12.1 Å². The molecule has 1 saturated heterocycles. The molecule has 1 heterocycles. The third-order valence-electron chi connectivity index (χ3n) is 4.70. The van der Waals surface area contributed by atoms with Gasteiger partial charge in [-0.25, -0.2) is 0 Å². The van der Waals surface area contributed by atoms with E-state index in [1.54, 1.807) is 0 Å². The maximum absolute atomic E-state index is 12.0. The molecule has 4 nitrogen and oxygen atoms in total. The van der Waals surface area contributed by atoms with Crippen molar-refractivity contribution in [2.45, 2.75) is 64.8 Å².